The molecule has 28 unspecified atom stereocenters. The summed E-state index contributed by atoms with van der Waals surface area (Å²) in [5.74, 6) is 15.9. The van der Waals surface area contributed by atoms with Crippen LogP contribution < -0.4 is 26.6 Å². The molecule has 10 heterocycles. The van der Waals surface area contributed by atoms with E-state index in [-0.39, 0.29) is 0 Å². The van der Waals surface area contributed by atoms with Crippen LogP contribution in [0.25, 0.3) is 0 Å². The molecule has 60 heavy (non-hydrogen) atoms. The minimum atomic E-state index is 0.634. The number of hydrazine groups is 2. The molecule has 0 spiro atoms. The van der Waals surface area contributed by atoms with E-state index in [1.807, 2.05) is 0 Å². The van der Waals surface area contributed by atoms with E-state index in [1.165, 1.54) is 136 Å². The van der Waals surface area contributed by atoms with Gasteiger partial charge in [0.1, 0.15) is 0 Å². The molecule has 17 aliphatic rings. The first kappa shape index (κ1) is 35.8. The van der Waals surface area contributed by atoms with Crippen LogP contribution in [0.2, 0.25) is 0 Å². The fourth-order valence-electron chi connectivity index (χ4n) is 24.0. The predicted octanol–water partition coefficient (Wildman–Crippen LogP) is 3.83. The van der Waals surface area contributed by atoms with Crippen molar-refractivity contribution < 1.29 is 0 Å². The molecule has 17 fully saturated rings. The van der Waals surface area contributed by atoms with Crippen molar-refractivity contribution in [2.45, 2.75) is 157 Å². The van der Waals surface area contributed by atoms with Gasteiger partial charge in [0.05, 0.1) is 0 Å². The van der Waals surface area contributed by atoms with Gasteiger partial charge in [0.2, 0.25) is 0 Å². The van der Waals surface area contributed by atoms with Crippen LogP contribution in [0.5, 0.6) is 0 Å². The number of hydrogen-bond acceptors (Lipinski definition) is 9. The van der Waals surface area contributed by atoms with E-state index in [4.69, 9.17) is 0 Å². The molecular formula is C51H79N9. The van der Waals surface area contributed by atoms with Gasteiger partial charge in [0, 0.05) is 86.6 Å². The summed E-state index contributed by atoms with van der Waals surface area (Å²) < 4.78 is 0. The van der Waals surface area contributed by atoms with Crippen molar-refractivity contribution in [1.29, 1.82) is 0 Å². The van der Waals surface area contributed by atoms with Gasteiger partial charge in [-0.3, -0.25) is 0 Å². The van der Waals surface area contributed by atoms with Crippen molar-refractivity contribution in [3.63, 3.8) is 0 Å². The maximum Gasteiger partial charge on any atom is 0.0466 e. The first-order valence-electron chi connectivity index (χ1n) is 27.5. The van der Waals surface area contributed by atoms with Crippen LogP contribution in [0.15, 0.2) is 0 Å². The summed E-state index contributed by atoms with van der Waals surface area (Å²) in [4.78, 5) is 0. The Bertz CT molecular complexity index is 1760. The van der Waals surface area contributed by atoms with Crippen LogP contribution in [0.4, 0.5) is 0 Å². The molecule has 0 aromatic carbocycles. The van der Waals surface area contributed by atoms with Gasteiger partial charge in [-0.1, -0.05) is 44.9 Å². The molecule has 0 aromatic heterocycles. The Hall–Kier alpha value is -0.360. The molecule has 7 aliphatic carbocycles. The molecule has 17 rings (SSSR count). The maximum atomic E-state index is 4.64. The average Bonchev–Trinajstić information content (AvgIpc) is 3.29. The van der Waals surface area contributed by atoms with Gasteiger partial charge in [0.25, 0.3) is 0 Å². The lowest BCUT2D eigenvalue weighted by molar-refractivity contribution is -0.347. The Morgan fingerprint density at radius 3 is 1.48 bits per heavy atom. The summed E-state index contributed by atoms with van der Waals surface area (Å²) in [6, 6.07) is 6.70. The average molecular weight is 818 g/mol. The van der Waals surface area contributed by atoms with Gasteiger partial charge in [-0.2, -0.15) is 0 Å². The van der Waals surface area contributed by atoms with Gasteiger partial charge in [0.15, 0.2) is 0 Å². The fourth-order valence-corrected chi connectivity index (χ4v) is 24.0. The quantitative estimate of drug-likeness (QED) is 0.251. The second-order valence-electron chi connectivity index (χ2n) is 26.1. The number of piperidine rings is 9. The van der Waals surface area contributed by atoms with Gasteiger partial charge in [-0.05, 0) is 184 Å². The summed E-state index contributed by atoms with van der Waals surface area (Å²) in [7, 11) is 0. The van der Waals surface area contributed by atoms with Crippen molar-refractivity contribution >= 4 is 0 Å². The van der Waals surface area contributed by atoms with Gasteiger partial charge in [-0.15, -0.1) is 0 Å². The number of nitrogens with zero attached hydrogens (tertiary/aromatic N) is 4. The molecule has 0 aromatic rings. The first-order valence-corrected chi connectivity index (χ1v) is 27.5. The Kier molecular flexibility index (Phi) is 7.61. The molecule has 0 radical (unpaired) electrons. The van der Waals surface area contributed by atoms with Crippen molar-refractivity contribution in [3.8, 4) is 0 Å². The van der Waals surface area contributed by atoms with E-state index in [0.717, 1.165) is 113 Å². The third-order valence-electron chi connectivity index (χ3n) is 25.0. The normalized spacial score (nSPS) is 65.2. The summed E-state index contributed by atoms with van der Waals surface area (Å²) in [6.07, 6.45) is 22.4. The Morgan fingerprint density at radius 1 is 0.300 bits per heavy atom. The lowest BCUT2D eigenvalue weighted by atomic mass is 9.44. The van der Waals surface area contributed by atoms with Crippen molar-refractivity contribution in [2.24, 2.45) is 107 Å². The number of fused-ring (bicyclic) bond motifs is 8. The molecule has 9 nitrogen and oxygen atoms in total. The topological polar surface area (TPSA) is 73.1 Å². The third-order valence-corrected chi connectivity index (χ3v) is 25.0. The van der Waals surface area contributed by atoms with E-state index < -0.39 is 0 Å². The highest BCUT2D eigenvalue weighted by molar-refractivity contribution is 5.28. The Balaban J connectivity index is 0.892. The Labute approximate surface area is 361 Å². The minimum Gasteiger partial charge on any atom is -0.312 e. The molecule has 0 amide bonds. The van der Waals surface area contributed by atoms with Gasteiger partial charge in [-0.25, -0.2) is 20.0 Å². The fraction of sp³-hybridized carbons (Fsp3) is 1.00. The summed E-state index contributed by atoms with van der Waals surface area (Å²) in [6.45, 7) is 10.8. The van der Waals surface area contributed by atoms with Crippen LogP contribution in [-0.2, 0) is 0 Å². The van der Waals surface area contributed by atoms with E-state index in [1.54, 1.807) is 12.8 Å². The highest BCUT2D eigenvalue weighted by Gasteiger charge is 2.75. The smallest absolute Gasteiger partial charge is 0.0466 e. The molecule has 328 valence electrons. The molecule has 7 saturated carbocycles. The van der Waals surface area contributed by atoms with E-state index >= 15 is 0 Å². The molecule has 5 N–H and O–H groups in total. The number of nitrogens with one attached hydrogen (secondary N) is 5. The van der Waals surface area contributed by atoms with Crippen LogP contribution in [-0.4, -0.2) is 133 Å². The molecule has 0 bridgehead atoms. The van der Waals surface area contributed by atoms with Crippen molar-refractivity contribution in [3.05, 3.63) is 0 Å². The zero-order valence-electron chi connectivity index (χ0n) is 36.7. The van der Waals surface area contributed by atoms with E-state index in [2.05, 4.69) is 46.6 Å². The van der Waals surface area contributed by atoms with Crippen LogP contribution in [0, 0.1) is 107 Å². The largest absolute Gasteiger partial charge is 0.312 e. The monoisotopic (exact) mass is 818 g/mol. The SMILES string of the molecule is C1CCC2C(C1)CC1CNC3C4NCC5CCCC6CN7C(C4C56)C4C3C1C2CN4N1CC2CCCC3CNC4C5NCC6C8CCCCC8NC8CN7C(C5C86)C1C4C32. The van der Waals surface area contributed by atoms with E-state index in [9.17, 15) is 0 Å². The summed E-state index contributed by atoms with van der Waals surface area (Å²) in [5, 5.41) is 36.5. The lowest BCUT2D eigenvalue weighted by Gasteiger charge is -2.79. The van der Waals surface area contributed by atoms with Crippen LogP contribution in [0.3, 0.4) is 0 Å². The van der Waals surface area contributed by atoms with Gasteiger partial charge >= 0.3 is 0 Å². The van der Waals surface area contributed by atoms with E-state index in [0.29, 0.717) is 54.4 Å². The third kappa shape index (κ3) is 4.37. The molecule has 9 heteroatoms. The zero-order chi connectivity index (χ0) is 38.3. The second kappa shape index (κ2) is 12.7. The number of rotatable bonds is 0. The van der Waals surface area contributed by atoms with Gasteiger partial charge < -0.3 is 26.6 Å². The second-order valence-corrected chi connectivity index (χ2v) is 26.1. The number of hydrogen-bond donors (Lipinski definition) is 5. The molecule has 10 aliphatic heterocycles. The highest BCUT2D eigenvalue weighted by atomic mass is 15.7. The lowest BCUT2D eigenvalue weighted by Crippen LogP contribution is -2.92. The zero-order valence-corrected chi connectivity index (χ0v) is 36.7. The molecular weight excluding hydrogens is 739 g/mol. The predicted molar refractivity (Wildman–Crippen MR) is 232 cm³/mol. The Morgan fingerprint density at radius 2 is 0.800 bits per heavy atom. The minimum absolute atomic E-state index is 0.634. The van der Waals surface area contributed by atoms with Crippen molar-refractivity contribution in [1.82, 2.24) is 46.6 Å². The molecule has 10 saturated heterocycles. The standard InChI is InChI=1S/C51H79N9/c1-2-12-30-24(7-1)15-29-18-54-46-42-38(29)33(30)22-59-50(42)48-40-37-25(16-52-44(40)46)9-6-11-28(37)21-58(48)60-23-35-39-32(31-13-3-4-14-34(31)56-35)19-55-47-43(39)51(60)49-41-36-26(17-53-45(41)47)8-5-10-27(36)20-57(49)59/h24-56H,1-23H2. The first-order chi connectivity index (χ1) is 29.8. The van der Waals surface area contributed by atoms with Crippen molar-refractivity contribution in [2.75, 3.05) is 52.4 Å². The summed E-state index contributed by atoms with van der Waals surface area (Å²) in [5.41, 5.74) is 0. The highest BCUT2D eigenvalue weighted by Crippen LogP contribution is 2.66. The van der Waals surface area contributed by atoms with Crippen LogP contribution in [0.1, 0.15) is 96.3 Å². The molecule has 28 atom stereocenters. The summed E-state index contributed by atoms with van der Waals surface area (Å²) >= 11 is 0. The maximum absolute atomic E-state index is 4.64. The van der Waals surface area contributed by atoms with Crippen LogP contribution >= 0.6 is 0 Å².